The van der Waals surface area contributed by atoms with Gasteiger partial charge in [-0.15, -0.1) is 0 Å². The van der Waals surface area contributed by atoms with Gasteiger partial charge in [0.2, 0.25) is 0 Å². The summed E-state index contributed by atoms with van der Waals surface area (Å²) in [5.41, 5.74) is 10.0. The molecular formula is C22H21N7O. The molecule has 0 aliphatic rings. The molecule has 0 spiro atoms. The van der Waals surface area contributed by atoms with E-state index in [4.69, 9.17) is 11.0 Å². The molecule has 0 saturated heterocycles. The first kappa shape index (κ1) is 19.2. The monoisotopic (exact) mass is 399 g/mol. The van der Waals surface area contributed by atoms with E-state index in [2.05, 4.69) is 25.1 Å². The molecule has 0 bridgehead atoms. The van der Waals surface area contributed by atoms with Crippen LogP contribution in [0, 0.1) is 18.3 Å². The number of rotatable bonds is 6. The third kappa shape index (κ3) is 3.61. The van der Waals surface area contributed by atoms with Crippen LogP contribution in [-0.4, -0.2) is 32.2 Å². The van der Waals surface area contributed by atoms with Crippen molar-refractivity contribution in [3.05, 3.63) is 71.2 Å². The Labute approximate surface area is 173 Å². The van der Waals surface area contributed by atoms with Gasteiger partial charge in [-0.2, -0.15) is 10.4 Å². The highest BCUT2D eigenvalue weighted by atomic mass is 16.1. The van der Waals surface area contributed by atoms with Crippen molar-refractivity contribution in [3.63, 3.8) is 0 Å². The van der Waals surface area contributed by atoms with Crippen molar-refractivity contribution in [2.24, 2.45) is 0 Å². The number of nitrogen functional groups attached to an aromatic ring is 1. The van der Waals surface area contributed by atoms with Crippen molar-refractivity contribution < 1.29 is 4.79 Å². The van der Waals surface area contributed by atoms with Crippen molar-refractivity contribution in [2.45, 2.75) is 19.8 Å². The number of nitrogens with zero attached hydrogens (tertiary/aromatic N) is 4. The number of amides is 1. The molecule has 2 heterocycles. The normalized spacial score (nSPS) is 10.8. The first-order valence-electron chi connectivity index (χ1n) is 9.64. The molecule has 8 nitrogen and oxygen atoms in total. The van der Waals surface area contributed by atoms with E-state index in [1.54, 1.807) is 6.07 Å². The molecular weight excluding hydrogens is 378 g/mol. The highest BCUT2D eigenvalue weighted by molar-refractivity contribution is 5.97. The fraction of sp³-hybridized carbons (Fsp3) is 0.182. The summed E-state index contributed by atoms with van der Waals surface area (Å²) in [6.07, 6.45) is 1.24. The molecule has 1 amide bonds. The number of carbonyl (C=O) groups excluding carboxylic acids is 1. The molecule has 0 unspecified atom stereocenters. The lowest BCUT2D eigenvalue weighted by Crippen LogP contribution is -2.24. The number of anilines is 1. The van der Waals surface area contributed by atoms with Crippen LogP contribution in [0.3, 0.4) is 0 Å². The number of hydrogen-bond donors (Lipinski definition) is 3. The second-order valence-corrected chi connectivity index (χ2v) is 6.97. The van der Waals surface area contributed by atoms with Gasteiger partial charge in [-0.1, -0.05) is 18.2 Å². The second kappa shape index (κ2) is 8.09. The minimum absolute atomic E-state index is 0.159. The molecule has 0 radical (unpaired) electrons. The molecule has 0 aliphatic heterocycles. The molecule has 150 valence electrons. The summed E-state index contributed by atoms with van der Waals surface area (Å²) >= 11 is 0. The summed E-state index contributed by atoms with van der Waals surface area (Å²) in [6.45, 7) is 2.42. The van der Waals surface area contributed by atoms with Crippen LogP contribution in [0.15, 0.2) is 48.5 Å². The Kier molecular flexibility index (Phi) is 5.18. The topological polar surface area (TPSA) is 125 Å². The standard InChI is InChI=1S/C22H21N7O/c1-14-26-19-12-15(9-10-20(19)29(14)16-6-3-2-4-7-16)22(30)25-11-5-8-18-17(13-23)21(24)28-27-18/h2-4,6-7,9-10,12H,5,8,11H2,1H3,(H,25,30)(H3,24,27,28). The Hall–Kier alpha value is -4.12. The van der Waals surface area contributed by atoms with Crippen LogP contribution in [0.25, 0.3) is 16.7 Å². The molecule has 4 N–H and O–H groups in total. The zero-order valence-electron chi connectivity index (χ0n) is 16.5. The van der Waals surface area contributed by atoms with E-state index in [0.29, 0.717) is 36.2 Å². The number of fused-ring (bicyclic) bond motifs is 1. The fourth-order valence-corrected chi connectivity index (χ4v) is 3.51. The van der Waals surface area contributed by atoms with Crippen molar-refractivity contribution in [1.82, 2.24) is 25.1 Å². The van der Waals surface area contributed by atoms with E-state index in [1.165, 1.54) is 0 Å². The van der Waals surface area contributed by atoms with Gasteiger partial charge in [0.1, 0.15) is 17.5 Å². The quantitative estimate of drug-likeness (QED) is 0.430. The maximum atomic E-state index is 12.6. The maximum Gasteiger partial charge on any atom is 0.251 e. The molecule has 8 heteroatoms. The first-order valence-corrected chi connectivity index (χ1v) is 9.64. The van der Waals surface area contributed by atoms with Crippen molar-refractivity contribution in [2.75, 3.05) is 12.3 Å². The third-order valence-corrected chi connectivity index (χ3v) is 4.97. The van der Waals surface area contributed by atoms with E-state index in [9.17, 15) is 4.79 Å². The van der Waals surface area contributed by atoms with E-state index < -0.39 is 0 Å². The molecule has 2 aromatic carbocycles. The summed E-state index contributed by atoms with van der Waals surface area (Å²) in [4.78, 5) is 17.2. The fourth-order valence-electron chi connectivity index (χ4n) is 3.51. The van der Waals surface area contributed by atoms with Gasteiger partial charge in [-0.05, 0) is 50.1 Å². The number of para-hydroxylation sites is 1. The van der Waals surface area contributed by atoms with Crippen LogP contribution in [-0.2, 0) is 6.42 Å². The van der Waals surface area contributed by atoms with Crippen LogP contribution in [0.5, 0.6) is 0 Å². The first-order chi connectivity index (χ1) is 14.6. The number of aromatic nitrogens is 4. The number of aryl methyl sites for hydroxylation is 2. The Morgan fingerprint density at radius 1 is 1.27 bits per heavy atom. The number of nitriles is 1. The molecule has 2 aromatic heterocycles. The number of hydrogen-bond acceptors (Lipinski definition) is 5. The SMILES string of the molecule is Cc1nc2cc(C(=O)NCCCc3[nH]nc(N)c3C#N)ccc2n1-c1ccccc1. The average molecular weight is 399 g/mol. The van der Waals surface area contributed by atoms with Gasteiger partial charge in [-0.25, -0.2) is 4.98 Å². The summed E-state index contributed by atoms with van der Waals surface area (Å²) in [7, 11) is 0. The average Bonchev–Trinajstić information content (AvgIpc) is 3.29. The Morgan fingerprint density at radius 2 is 2.07 bits per heavy atom. The minimum Gasteiger partial charge on any atom is -0.381 e. The third-order valence-electron chi connectivity index (χ3n) is 4.97. The van der Waals surface area contributed by atoms with Gasteiger partial charge < -0.3 is 11.1 Å². The number of H-pyrrole nitrogens is 1. The predicted octanol–water partition coefficient (Wildman–Crippen LogP) is 2.87. The van der Waals surface area contributed by atoms with Crippen molar-refractivity contribution in [1.29, 1.82) is 5.26 Å². The lowest BCUT2D eigenvalue weighted by Gasteiger charge is -2.07. The van der Waals surface area contributed by atoms with Crippen LogP contribution in [0.2, 0.25) is 0 Å². The Morgan fingerprint density at radius 3 is 2.83 bits per heavy atom. The van der Waals surface area contributed by atoms with Crippen LogP contribution in [0.1, 0.15) is 33.9 Å². The largest absolute Gasteiger partial charge is 0.381 e. The summed E-state index contributed by atoms with van der Waals surface area (Å²) < 4.78 is 2.07. The number of nitrogens with two attached hydrogens (primary N) is 1. The van der Waals surface area contributed by atoms with Crippen LogP contribution >= 0.6 is 0 Å². The summed E-state index contributed by atoms with van der Waals surface area (Å²) in [5, 5.41) is 18.6. The number of benzene rings is 2. The second-order valence-electron chi connectivity index (χ2n) is 6.97. The van der Waals surface area contributed by atoms with Crippen molar-refractivity contribution >= 4 is 22.8 Å². The molecule has 4 rings (SSSR count). The van der Waals surface area contributed by atoms with E-state index in [0.717, 1.165) is 22.5 Å². The molecule has 30 heavy (non-hydrogen) atoms. The van der Waals surface area contributed by atoms with Gasteiger partial charge in [0.25, 0.3) is 5.91 Å². The number of carbonyl (C=O) groups is 1. The number of imidazole rings is 1. The zero-order valence-corrected chi connectivity index (χ0v) is 16.5. The highest BCUT2D eigenvalue weighted by Gasteiger charge is 2.13. The van der Waals surface area contributed by atoms with Gasteiger partial charge in [-0.3, -0.25) is 14.5 Å². The van der Waals surface area contributed by atoms with Gasteiger partial charge in [0.05, 0.1) is 16.7 Å². The molecule has 0 atom stereocenters. The molecule has 0 saturated carbocycles. The van der Waals surface area contributed by atoms with Crippen molar-refractivity contribution in [3.8, 4) is 11.8 Å². The molecule has 0 fully saturated rings. The zero-order chi connectivity index (χ0) is 21.1. The lowest BCUT2D eigenvalue weighted by molar-refractivity contribution is 0.0953. The highest BCUT2D eigenvalue weighted by Crippen LogP contribution is 2.22. The Bertz CT molecular complexity index is 1250. The van der Waals surface area contributed by atoms with Crippen LogP contribution < -0.4 is 11.1 Å². The summed E-state index contributed by atoms with van der Waals surface area (Å²) in [5.74, 6) is 0.907. The molecule has 0 aliphatic carbocycles. The lowest BCUT2D eigenvalue weighted by atomic mass is 10.1. The molecule has 4 aromatic rings. The predicted molar refractivity (Wildman–Crippen MR) is 114 cm³/mol. The Balaban J connectivity index is 1.43. The number of nitrogens with one attached hydrogen (secondary N) is 2. The van der Waals surface area contributed by atoms with E-state index >= 15 is 0 Å². The maximum absolute atomic E-state index is 12.6. The van der Waals surface area contributed by atoms with E-state index in [-0.39, 0.29) is 11.7 Å². The minimum atomic E-state index is -0.159. The van der Waals surface area contributed by atoms with Crippen LogP contribution in [0.4, 0.5) is 5.82 Å². The van der Waals surface area contributed by atoms with Gasteiger partial charge in [0, 0.05) is 17.8 Å². The summed E-state index contributed by atoms with van der Waals surface area (Å²) in [6, 6.07) is 17.6. The van der Waals surface area contributed by atoms with Gasteiger partial charge in [0.15, 0.2) is 5.82 Å². The smallest absolute Gasteiger partial charge is 0.251 e. The van der Waals surface area contributed by atoms with Gasteiger partial charge >= 0.3 is 0 Å². The van der Waals surface area contributed by atoms with E-state index in [1.807, 2.05) is 55.5 Å². The number of aromatic amines is 1.